The van der Waals surface area contributed by atoms with Crippen molar-refractivity contribution in [1.29, 1.82) is 0 Å². The minimum Gasteiger partial charge on any atom is -0.493 e. The van der Waals surface area contributed by atoms with Gasteiger partial charge in [-0.05, 0) is 25.0 Å². The van der Waals surface area contributed by atoms with E-state index < -0.39 is 0 Å². The molecule has 1 heterocycles. The Morgan fingerprint density at radius 1 is 1.30 bits per heavy atom. The number of methoxy groups -OCH3 is 2. The summed E-state index contributed by atoms with van der Waals surface area (Å²) in [6.45, 7) is 1.44. The second-order valence-corrected chi connectivity index (χ2v) is 4.78. The Balaban J connectivity index is 1.88. The summed E-state index contributed by atoms with van der Waals surface area (Å²) in [6.07, 6.45) is 2.12. The van der Waals surface area contributed by atoms with E-state index in [0.717, 1.165) is 19.4 Å². The van der Waals surface area contributed by atoms with Gasteiger partial charge in [-0.1, -0.05) is 12.1 Å². The molecule has 0 unspecified atom stereocenters. The molecular weight excluding hydrogens is 258 g/mol. The van der Waals surface area contributed by atoms with E-state index in [9.17, 15) is 4.79 Å². The molecule has 1 amide bonds. The Bertz CT molecular complexity index is 449. The number of likely N-dealkylation sites (tertiary alicyclic amines) is 1. The molecule has 0 N–H and O–H groups in total. The van der Waals surface area contributed by atoms with Crippen molar-refractivity contribution in [2.45, 2.75) is 18.9 Å². The van der Waals surface area contributed by atoms with Crippen LogP contribution in [0.2, 0.25) is 0 Å². The van der Waals surface area contributed by atoms with Crippen LogP contribution in [0.3, 0.4) is 0 Å². The van der Waals surface area contributed by atoms with Crippen molar-refractivity contribution in [3.63, 3.8) is 0 Å². The molecule has 1 aromatic rings. The van der Waals surface area contributed by atoms with Crippen molar-refractivity contribution in [3.8, 4) is 11.5 Å². The maximum atomic E-state index is 12.1. The van der Waals surface area contributed by atoms with E-state index in [-0.39, 0.29) is 18.6 Å². The average Bonchev–Trinajstić information content (AvgIpc) is 2.52. The molecule has 0 bridgehead atoms. The zero-order valence-electron chi connectivity index (χ0n) is 12.0. The molecule has 0 spiro atoms. The Morgan fingerprint density at radius 3 is 2.75 bits per heavy atom. The maximum absolute atomic E-state index is 12.1. The number of hydrogen-bond donors (Lipinski definition) is 0. The van der Waals surface area contributed by atoms with Gasteiger partial charge in [0.2, 0.25) is 0 Å². The van der Waals surface area contributed by atoms with Crippen molar-refractivity contribution in [2.24, 2.45) is 0 Å². The first-order valence-corrected chi connectivity index (χ1v) is 6.81. The predicted octanol–water partition coefficient (Wildman–Crippen LogP) is 1.71. The molecule has 1 saturated heterocycles. The minimum atomic E-state index is -0.0161. The quantitative estimate of drug-likeness (QED) is 0.823. The summed E-state index contributed by atoms with van der Waals surface area (Å²) in [7, 11) is 3.27. The third-order valence-electron chi connectivity index (χ3n) is 3.48. The van der Waals surface area contributed by atoms with Crippen molar-refractivity contribution in [2.75, 3.05) is 33.9 Å². The summed E-state index contributed by atoms with van der Waals surface area (Å²) >= 11 is 0. The largest absolute Gasteiger partial charge is 0.493 e. The van der Waals surface area contributed by atoms with Gasteiger partial charge in [-0.15, -0.1) is 0 Å². The highest BCUT2D eigenvalue weighted by Gasteiger charge is 2.23. The standard InChI is InChI=1S/C15H21NO4/c1-18-12-6-5-9-16(10-12)15(17)11-20-14-8-4-3-7-13(14)19-2/h3-4,7-8,12H,5-6,9-11H2,1-2H3/t12-/m1/s1. The topological polar surface area (TPSA) is 48.0 Å². The monoisotopic (exact) mass is 279 g/mol. The Hall–Kier alpha value is -1.75. The lowest BCUT2D eigenvalue weighted by Gasteiger charge is -2.31. The number of amides is 1. The highest BCUT2D eigenvalue weighted by atomic mass is 16.5. The van der Waals surface area contributed by atoms with Crippen LogP contribution in [0.4, 0.5) is 0 Å². The molecule has 1 aromatic carbocycles. The lowest BCUT2D eigenvalue weighted by molar-refractivity contribution is -0.136. The number of hydrogen-bond acceptors (Lipinski definition) is 4. The zero-order chi connectivity index (χ0) is 14.4. The molecule has 1 atom stereocenters. The van der Waals surface area contributed by atoms with Gasteiger partial charge in [-0.2, -0.15) is 0 Å². The number of carbonyl (C=O) groups is 1. The van der Waals surface area contributed by atoms with Crippen molar-refractivity contribution in [3.05, 3.63) is 24.3 Å². The fourth-order valence-electron chi connectivity index (χ4n) is 2.33. The fraction of sp³-hybridized carbons (Fsp3) is 0.533. The Kier molecular flexibility index (Phi) is 5.24. The first kappa shape index (κ1) is 14.7. The molecule has 5 heteroatoms. The number of benzene rings is 1. The van der Waals surface area contributed by atoms with Gasteiger partial charge in [0.25, 0.3) is 5.91 Å². The zero-order valence-corrected chi connectivity index (χ0v) is 12.0. The highest BCUT2D eigenvalue weighted by molar-refractivity contribution is 5.78. The average molecular weight is 279 g/mol. The number of para-hydroxylation sites is 2. The summed E-state index contributed by atoms with van der Waals surface area (Å²) in [5, 5.41) is 0. The van der Waals surface area contributed by atoms with Crippen LogP contribution in [0, 0.1) is 0 Å². The van der Waals surface area contributed by atoms with Gasteiger partial charge in [0.1, 0.15) is 0 Å². The van der Waals surface area contributed by atoms with Gasteiger partial charge < -0.3 is 19.1 Å². The van der Waals surface area contributed by atoms with Crippen LogP contribution >= 0.6 is 0 Å². The van der Waals surface area contributed by atoms with Crippen molar-refractivity contribution in [1.82, 2.24) is 4.90 Å². The second kappa shape index (κ2) is 7.14. The summed E-state index contributed by atoms with van der Waals surface area (Å²) in [5.41, 5.74) is 0. The number of ether oxygens (including phenoxy) is 3. The molecule has 0 saturated carbocycles. The van der Waals surface area contributed by atoms with Crippen LogP contribution in [-0.4, -0.2) is 50.8 Å². The molecule has 20 heavy (non-hydrogen) atoms. The van der Waals surface area contributed by atoms with Gasteiger partial charge in [0.15, 0.2) is 18.1 Å². The molecule has 0 radical (unpaired) electrons. The van der Waals surface area contributed by atoms with Gasteiger partial charge in [0.05, 0.1) is 13.2 Å². The normalized spacial score (nSPS) is 18.7. The van der Waals surface area contributed by atoms with Gasteiger partial charge in [0, 0.05) is 20.2 Å². The summed E-state index contributed by atoms with van der Waals surface area (Å²) in [6, 6.07) is 7.31. The molecule has 1 fully saturated rings. The molecule has 1 aliphatic heterocycles. The van der Waals surface area contributed by atoms with Crippen LogP contribution in [0.25, 0.3) is 0 Å². The van der Waals surface area contributed by atoms with Crippen molar-refractivity contribution >= 4 is 5.91 Å². The summed E-state index contributed by atoms with van der Waals surface area (Å²) in [5.74, 6) is 1.20. The van der Waals surface area contributed by atoms with E-state index in [1.807, 2.05) is 18.2 Å². The van der Waals surface area contributed by atoms with E-state index >= 15 is 0 Å². The summed E-state index contributed by atoms with van der Waals surface area (Å²) < 4.78 is 16.1. The molecule has 110 valence electrons. The first-order chi connectivity index (χ1) is 9.74. The van der Waals surface area contributed by atoms with Crippen LogP contribution in [0.15, 0.2) is 24.3 Å². The lowest BCUT2D eigenvalue weighted by Crippen LogP contribution is -2.44. The lowest BCUT2D eigenvalue weighted by atomic mass is 10.1. The molecule has 0 aliphatic carbocycles. The second-order valence-electron chi connectivity index (χ2n) is 4.78. The molecule has 5 nitrogen and oxygen atoms in total. The first-order valence-electron chi connectivity index (χ1n) is 6.81. The SMILES string of the molecule is COc1ccccc1OCC(=O)N1CCC[C@@H](OC)C1. The van der Waals surface area contributed by atoms with E-state index in [0.29, 0.717) is 18.0 Å². The molecular formula is C15H21NO4. The van der Waals surface area contributed by atoms with Crippen LogP contribution < -0.4 is 9.47 Å². The van der Waals surface area contributed by atoms with Crippen LogP contribution in [-0.2, 0) is 9.53 Å². The number of rotatable bonds is 5. The Labute approximate surface area is 119 Å². The summed E-state index contributed by atoms with van der Waals surface area (Å²) in [4.78, 5) is 13.9. The van der Waals surface area contributed by atoms with E-state index in [4.69, 9.17) is 14.2 Å². The van der Waals surface area contributed by atoms with Gasteiger partial charge >= 0.3 is 0 Å². The van der Waals surface area contributed by atoms with Crippen LogP contribution in [0.5, 0.6) is 11.5 Å². The van der Waals surface area contributed by atoms with Gasteiger partial charge in [-0.3, -0.25) is 4.79 Å². The molecule has 2 rings (SSSR count). The van der Waals surface area contributed by atoms with Gasteiger partial charge in [-0.25, -0.2) is 0 Å². The van der Waals surface area contributed by atoms with E-state index in [2.05, 4.69) is 0 Å². The van der Waals surface area contributed by atoms with E-state index in [1.165, 1.54) is 0 Å². The highest BCUT2D eigenvalue weighted by Crippen LogP contribution is 2.25. The predicted molar refractivity (Wildman–Crippen MR) is 75.1 cm³/mol. The smallest absolute Gasteiger partial charge is 0.260 e. The molecule has 1 aliphatic rings. The third kappa shape index (κ3) is 3.63. The number of carbonyl (C=O) groups excluding carboxylic acids is 1. The van der Waals surface area contributed by atoms with Crippen molar-refractivity contribution < 1.29 is 19.0 Å². The van der Waals surface area contributed by atoms with Crippen LogP contribution in [0.1, 0.15) is 12.8 Å². The number of piperidine rings is 1. The third-order valence-corrected chi connectivity index (χ3v) is 3.48. The molecule has 0 aromatic heterocycles. The Morgan fingerprint density at radius 2 is 2.05 bits per heavy atom. The number of nitrogens with zero attached hydrogens (tertiary/aromatic N) is 1. The maximum Gasteiger partial charge on any atom is 0.260 e. The van der Waals surface area contributed by atoms with E-state index in [1.54, 1.807) is 25.2 Å². The minimum absolute atomic E-state index is 0.0161. The fourth-order valence-corrected chi connectivity index (χ4v) is 2.33.